The predicted molar refractivity (Wildman–Crippen MR) is 83.5 cm³/mol. The van der Waals surface area contributed by atoms with Gasteiger partial charge < -0.3 is 10.1 Å². The van der Waals surface area contributed by atoms with Crippen molar-refractivity contribution in [2.24, 2.45) is 0 Å². The minimum Gasteiger partial charge on any atom is -0.492 e. The van der Waals surface area contributed by atoms with Crippen molar-refractivity contribution in [3.8, 4) is 5.75 Å². The maximum absolute atomic E-state index is 5.82. The highest BCUT2D eigenvalue weighted by molar-refractivity contribution is 5.35. The maximum Gasteiger partial charge on any atom is 0.122 e. The fraction of sp³-hybridized carbons (Fsp3) is 0.471. The minimum absolute atomic E-state index is 0.369. The molecule has 0 saturated carbocycles. The molecule has 3 rings (SSSR count). The largest absolute Gasteiger partial charge is 0.492 e. The average Bonchev–Trinajstić information content (AvgIpc) is 2.86. The van der Waals surface area contributed by atoms with Crippen LogP contribution in [0.1, 0.15) is 30.2 Å². The number of nitrogens with one attached hydrogen (secondary N) is 1. The smallest absolute Gasteiger partial charge is 0.122 e. The number of fused-ring (bicyclic) bond motifs is 1. The molecule has 112 valence electrons. The summed E-state index contributed by atoms with van der Waals surface area (Å²) in [5, 5.41) is 8.05. The monoisotopic (exact) mass is 285 g/mol. The van der Waals surface area contributed by atoms with Gasteiger partial charge in [-0.15, -0.1) is 0 Å². The van der Waals surface area contributed by atoms with Crippen LogP contribution in [0.5, 0.6) is 5.75 Å². The van der Waals surface area contributed by atoms with Crippen molar-refractivity contribution in [2.75, 3.05) is 6.61 Å². The summed E-state index contributed by atoms with van der Waals surface area (Å²) in [5.74, 6) is 1.03. The highest BCUT2D eigenvalue weighted by Gasteiger charge is 2.19. The first-order chi connectivity index (χ1) is 10.3. The Morgan fingerprint density at radius 1 is 1.38 bits per heavy atom. The summed E-state index contributed by atoms with van der Waals surface area (Å²) in [4.78, 5) is 0. The second-order valence-electron chi connectivity index (χ2n) is 5.68. The number of ether oxygens (including phenoxy) is 1. The van der Waals surface area contributed by atoms with E-state index in [2.05, 4.69) is 41.1 Å². The van der Waals surface area contributed by atoms with Crippen LogP contribution in [0.4, 0.5) is 0 Å². The molecule has 0 amide bonds. The van der Waals surface area contributed by atoms with Crippen LogP contribution in [0.2, 0.25) is 0 Å². The van der Waals surface area contributed by atoms with E-state index in [1.54, 1.807) is 0 Å². The van der Waals surface area contributed by atoms with Gasteiger partial charge in [0.15, 0.2) is 0 Å². The highest BCUT2D eigenvalue weighted by Crippen LogP contribution is 2.24. The summed E-state index contributed by atoms with van der Waals surface area (Å²) in [6.45, 7) is 6.90. The van der Waals surface area contributed by atoms with Crippen molar-refractivity contribution in [3.63, 3.8) is 0 Å². The molecule has 0 bridgehead atoms. The topological polar surface area (TPSA) is 39.1 Å². The molecule has 1 N–H and O–H groups in total. The van der Waals surface area contributed by atoms with E-state index >= 15 is 0 Å². The van der Waals surface area contributed by atoms with Gasteiger partial charge in [-0.2, -0.15) is 5.10 Å². The first kappa shape index (κ1) is 14.1. The summed E-state index contributed by atoms with van der Waals surface area (Å²) in [6.07, 6.45) is 4.12. The fourth-order valence-corrected chi connectivity index (χ4v) is 2.81. The molecule has 1 aliphatic heterocycles. The molecule has 4 heteroatoms. The van der Waals surface area contributed by atoms with Gasteiger partial charge in [0.05, 0.1) is 6.20 Å². The third kappa shape index (κ3) is 3.10. The van der Waals surface area contributed by atoms with Gasteiger partial charge in [-0.1, -0.05) is 25.1 Å². The molecular formula is C17H23N3O. The van der Waals surface area contributed by atoms with Crippen molar-refractivity contribution >= 4 is 0 Å². The van der Waals surface area contributed by atoms with Crippen LogP contribution in [0.25, 0.3) is 0 Å². The third-order valence-electron chi connectivity index (χ3n) is 4.10. The maximum atomic E-state index is 5.82. The normalized spacial score (nSPS) is 17.3. The lowest BCUT2D eigenvalue weighted by Crippen LogP contribution is -2.38. The molecule has 0 spiro atoms. The first-order valence-corrected chi connectivity index (χ1v) is 7.73. The number of aryl methyl sites for hydroxylation is 1. The number of rotatable bonds is 5. The standard InChI is InChI=1S/C17H23N3O/c1-3-8-20-13(2)15(11-19-20)10-18-16-9-14-6-4-5-7-17(14)21-12-16/h4-7,11,16,18H,3,8-10,12H2,1-2H3/t16-/m0/s1. The van der Waals surface area contributed by atoms with Crippen LogP contribution in [0, 0.1) is 6.92 Å². The Balaban J connectivity index is 1.59. The summed E-state index contributed by atoms with van der Waals surface area (Å²) in [5.41, 5.74) is 3.84. The van der Waals surface area contributed by atoms with Crippen molar-refractivity contribution in [2.45, 2.75) is 45.8 Å². The van der Waals surface area contributed by atoms with E-state index in [0.717, 1.165) is 38.3 Å². The fourth-order valence-electron chi connectivity index (χ4n) is 2.81. The Kier molecular flexibility index (Phi) is 4.25. The molecule has 1 aromatic heterocycles. The Morgan fingerprint density at radius 3 is 3.10 bits per heavy atom. The first-order valence-electron chi connectivity index (χ1n) is 7.73. The number of para-hydroxylation sites is 1. The van der Waals surface area contributed by atoms with Gasteiger partial charge in [-0.25, -0.2) is 0 Å². The zero-order valence-corrected chi connectivity index (χ0v) is 12.8. The van der Waals surface area contributed by atoms with Gasteiger partial charge in [0.25, 0.3) is 0 Å². The highest BCUT2D eigenvalue weighted by atomic mass is 16.5. The molecule has 0 saturated heterocycles. The van der Waals surface area contributed by atoms with Gasteiger partial charge in [-0.3, -0.25) is 4.68 Å². The number of hydrogen-bond donors (Lipinski definition) is 1. The summed E-state index contributed by atoms with van der Waals surface area (Å²) in [6, 6.07) is 8.66. The van der Waals surface area contributed by atoms with Crippen molar-refractivity contribution in [3.05, 3.63) is 47.3 Å². The SMILES string of the molecule is CCCn1ncc(CN[C@@H]2COc3ccccc3C2)c1C. The molecule has 21 heavy (non-hydrogen) atoms. The quantitative estimate of drug-likeness (QED) is 0.918. The number of aromatic nitrogens is 2. The zero-order chi connectivity index (χ0) is 14.7. The third-order valence-corrected chi connectivity index (χ3v) is 4.10. The van der Waals surface area contributed by atoms with E-state index in [1.807, 2.05) is 18.3 Å². The summed E-state index contributed by atoms with van der Waals surface area (Å²) in [7, 11) is 0. The van der Waals surface area contributed by atoms with Crippen LogP contribution in [0.3, 0.4) is 0 Å². The van der Waals surface area contributed by atoms with E-state index in [0.29, 0.717) is 6.04 Å². The number of hydrogen-bond acceptors (Lipinski definition) is 3. The average molecular weight is 285 g/mol. The second-order valence-corrected chi connectivity index (χ2v) is 5.68. The molecule has 1 atom stereocenters. The molecule has 0 aliphatic carbocycles. The van der Waals surface area contributed by atoms with Crippen molar-refractivity contribution in [1.29, 1.82) is 0 Å². The molecule has 0 fully saturated rings. The molecule has 0 unspecified atom stereocenters. The van der Waals surface area contributed by atoms with Crippen LogP contribution >= 0.6 is 0 Å². The van der Waals surface area contributed by atoms with E-state index in [9.17, 15) is 0 Å². The molecule has 2 heterocycles. The van der Waals surface area contributed by atoms with E-state index in [-0.39, 0.29) is 0 Å². The number of nitrogens with zero attached hydrogens (tertiary/aromatic N) is 2. The molecule has 4 nitrogen and oxygen atoms in total. The van der Waals surface area contributed by atoms with Gasteiger partial charge in [-0.05, 0) is 31.4 Å². The van der Waals surface area contributed by atoms with Gasteiger partial charge in [0.1, 0.15) is 12.4 Å². The van der Waals surface area contributed by atoms with Crippen molar-refractivity contribution in [1.82, 2.24) is 15.1 Å². The summed E-state index contributed by atoms with van der Waals surface area (Å²) >= 11 is 0. The van der Waals surface area contributed by atoms with E-state index < -0.39 is 0 Å². The van der Waals surface area contributed by atoms with Gasteiger partial charge in [0, 0.05) is 30.4 Å². The lowest BCUT2D eigenvalue weighted by atomic mass is 10.0. The second kappa shape index (κ2) is 6.31. The van der Waals surface area contributed by atoms with Crippen LogP contribution in [-0.4, -0.2) is 22.4 Å². The lowest BCUT2D eigenvalue weighted by Gasteiger charge is -2.26. The minimum atomic E-state index is 0.369. The van der Waals surface area contributed by atoms with E-state index in [4.69, 9.17) is 4.74 Å². The van der Waals surface area contributed by atoms with Gasteiger partial charge in [0.2, 0.25) is 0 Å². The predicted octanol–water partition coefficient (Wildman–Crippen LogP) is 2.69. The molecule has 0 radical (unpaired) electrons. The zero-order valence-electron chi connectivity index (χ0n) is 12.8. The van der Waals surface area contributed by atoms with Crippen molar-refractivity contribution < 1.29 is 4.74 Å². The Hall–Kier alpha value is -1.81. The Labute approximate surface area is 126 Å². The van der Waals surface area contributed by atoms with Crippen LogP contribution in [0.15, 0.2) is 30.5 Å². The van der Waals surface area contributed by atoms with Crippen LogP contribution in [-0.2, 0) is 19.5 Å². The Bertz CT molecular complexity index is 606. The molecule has 2 aromatic rings. The molecule has 1 aromatic carbocycles. The summed E-state index contributed by atoms with van der Waals surface area (Å²) < 4.78 is 7.90. The Morgan fingerprint density at radius 2 is 2.24 bits per heavy atom. The number of benzene rings is 1. The van der Waals surface area contributed by atoms with E-state index in [1.165, 1.54) is 16.8 Å². The van der Waals surface area contributed by atoms with Gasteiger partial charge >= 0.3 is 0 Å². The lowest BCUT2D eigenvalue weighted by molar-refractivity contribution is 0.238. The van der Waals surface area contributed by atoms with Crippen LogP contribution < -0.4 is 10.1 Å². The molecular weight excluding hydrogens is 262 g/mol. The molecule has 1 aliphatic rings.